The van der Waals surface area contributed by atoms with Crippen molar-refractivity contribution in [3.63, 3.8) is 0 Å². The highest BCUT2D eigenvalue weighted by atomic mass is 19.1. The van der Waals surface area contributed by atoms with Gasteiger partial charge in [0.05, 0.1) is 12.3 Å². The first-order valence-corrected chi connectivity index (χ1v) is 9.11. The molecule has 0 aromatic carbocycles. The summed E-state index contributed by atoms with van der Waals surface area (Å²) in [6, 6.07) is 7.19. The van der Waals surface area contributed by atoms with Gasteiger partial charge in [0.2, 0.25) is 0 Å². The van der Waals surface area contributed by atoms with Gasteiger partial charge in [-0.25, -0.2) is 9.37 Å². The van der Waals surface area contributed by atoms with Gasteiger partial charge in [-0.1, -0.05) is 0 Å². The standard InChI is InChI=1S/C19H27FN6O/c1-21-19(23-12-16(25(2)3)17-7-5-11-27-17)24-14-8-10-26(13-14)18-15(20)6-4-9-22-18/h4-7,9,11,14,16H,8,10,12-13H2,1-3H3,(H2,21,23,24). The van der Waals surface area contributed by atoms with Crippen LogP contribution in [0.3, 0.4) is 0 Å². The van der Waals surface area contributed by atoms with Gasteiger partial charge >= 0.3 is 0 Å². The van der Waals surface area contributed by atoms with Gasteiger partial charge in [-0.05, 0) is 44.8 Å². The summed E-state index contributed by atoms with van der Waals surface area (Å²) >= 11 is 0. The van der Waals surface area contributed by atoms with E-state index in [0.717, 1.165) is 24.7 Å². The molecule has 146 valence electrons. The highest BCUT2D eigenvalue weighted by Gasteiger charge is 2.26. The summed E-state index contributed by atoms with van der Waals surface area (Å²) in [5.74, 6) is 1.76. The van der Waals surface area contributed by atoms with Crippen LogP contribution in [0.5, 0.6) is 0 Å². The number of rotatable bonds is 6. The average Bonchev–Trinajstić information content (AvgIpc) is 3.33. The third-order valence-corrected chi connectivity index (χ3v) is 4.75. The lowest BCUT2D eigenvalue weighted by atomic mass is 10.2. The highest BCUT2D eigenvalue weighted by molar-refractivity contribution is 5.80. The number of guanidine groups is 1. The summed E-state index contributed by atoms with van der Waals surface area (Å²) in [6.07, 6.45) is 4.20. The topological polar surface area (TPSA) is 68.9 Å². The molecule has 0 amide bonds. The Kier molecular flexibility index (Phi) is 6.28. The second-order valence-corrected chi connectivity index (χ2v) is 6.83. The van der Waals surface area contributed by atoms with Crippen LogP contribution in [0.4, 0.5) is 10.2 Å². The summed E-state index contributed by atoms with van der Waals surface area (Å²) in [5.41, 5.74) is 0. The molecule has 2 atom stereocenters. The van der Waals surface area contributed by atoms with E-state index >= 15 is 0 Å². The summed E-state index contributed by atoms with van der Waals surface area (Å²) in [7, 11) is 5.78. The molecule has 2 aromatic heterocycles. The number of aliphatic imine (C=N–C) groups is 1. The lowest BCUT2D eigenvalue weighted by Gasteiger charge is -2.25. The number of nitrogens with zero attached hydrogens (tertiary/aromatic N) is 4. The van der Waals surface area contributed by atoms with E-state index in [1.807, 2.05) is 31.1 Å². The number of hydrogen-bond donors (Lipinski definition) is 2. The molecule has 0 bridgehead atoms. The first-order valence-electron chi connectivity index (χ1n) is 9.11. The highest BCUT2D eigenvalue weighted by Crippen LogP contribution is 2.21. The maximum Gasteiger partial charge on any atom is 0.191 e. The van der Waals surface area contributed by atoms with E-state index in [2.05, 4.69) is 25.5 Å². The minimum atomic E-state index is -0.284. The van der Waals surface area contributed by atoms with Gasteiger partial charge in [-0.2, -0.15) is 0 Å². The predicted molar refractivity (Wildman–Crippen MR) is 104 cm³/mol. The van der Waals surface area contributed by atoms with Crippen LogP contribution in [0.25, 0.3) is 0 Å². The van der Waals surface area contributed by atoms with Crippen molar-refractivity contribution in [1.29, 1.82) is 0 Å². The molecule has 8 heteroatoms. The Morgan fingerprint density at radius 2 is 2.30 bits per heavy atom. The van der Waals surface area contributed by atoms with Crippen LogP contribution in [0.2, 0.25) is 0 Å². The SMILES string of the molecule is CN=C(NCC(c1ccco1)N(C)C)NC1CCN(c2ncccc2F)C1. The zero-order valence-electron chi connectivity index (χ0n) is 16.0. The molecule has 1 fully saturated rings. The molecule has 2 unspecified atom stereocenters. The molecule has 3 heterocycles. The van der Waals surface area contributed by atoms with Gasteiger partial charge in [0.25, 0.3) is 0 Å². The van der Waals surface area contributed by atoms with Crippen molar-refractivity contribution in [3.8, 4) is 0 Å². The van der Waals surface area contributed by atoms with Crippen molar-refractivity contribution >= 4 is 11.8 Å². The minimum Gasteiger partial charge on any atom is -0.468 e. The molecule has 7 nitrogen and oxygen atoms in total. The van der Waals surface area contributed by atoms with Crippen LogP contribution in [-0.4, -0.2) is 62.7 Å². The molecular formula is C19H27FN6O. The third kappa shape index (κ3) is 4.77. The maximum atomic E-state index is 13.9. The number of furan rings is 1. The van der Waals surface area contributed by atoms with E-state index in [0.29, 0.717) is 18.9 Å². The fraction of sp³-hybridized carbons (Fsp3) is 0.474. The molecular weight excluding hydrogens is 347 g/mol. The van der Waals surface area contributed by atoms with Crippen molar-refractivity contribution in [2.75, 3.05) is 45.7 Å². The Bertz CT molecular complexity index is 748. The molecule has 2 N–H and O–H groups in total. The van der Waals surface area contributed by atoms with Crippen LogP contribution in [0.1, 0.15) is 18.2 Å². The van der Waals surface area contributed by atoms with E-state index in [-0.39, 0.29) is 17.9 Å². The van der Waals surface area contributed by atoms with Crippen molar-refractivity contribution < 1.29 is 8.81 Å². The largest absolute Gasteiger partial charge is 0.468 e. The zero-order chi connectivity index (χ0) is 19.2. The summed E-state index contributed by atoms with van der Waals surface area (Å²) in [5, 5.41) is 6.78. The van der Waals surface area contributed by atoms with Crippen LogP contribution in [0.15, 0.2) is 46.1 Å². The second-order valence-electron chi connectivity index (χ2n) is 6.83. The number of pyridine rings is 1. The monoisotopic (exact) mass is 374 g/mol. The molecule has 1 saturated heterocycles. The van der Waals surface area contributed by atoms with Crippen LogP contribution in [0, 0.1) is 5.82 Å². The lowest BCUT2D eigenvalue weighted by molar-refractivity contribution is 0.258. The number of hydrogen-bond acceptors (Lipinski definition) is 5. The predicted octanol–water partition coefficient (Wildman–Crippen LogP) is 1.86. The summed E-state index contributed by atoms with van der Waals surface area (Å²) in [6.45, 7) is 2.10. The molecule has 0 aliphatic carbocycles. The van der Waals surface area contributed by atoms with Crippen molar-refractivity contribution in [2.24, 2.45) is 4.99 Å². The summed E-state index contributed by atoms with van der Waals surface area (Å²) in [4.78, 5) is 12.5. The molecule has 2 aromatic rings. The van der Waals surface area contributed by atoms with Gasteiger partial charge in [0.1, 0.15) is 5.76 Å². The smallest absolute Gasteiger partial charge is 0.191 e. The van der Waals surface area contributed by atoms with E-state index in [4.69, 9.17) is 4.42 Å². The Morgan fingerprint density at radius 3 is 2.96 bits per heavy atom. The van der Waals surface area contributed by atoms with Gasteiger partial charge in [-0.3, -0.25) is 9.89 Å². The number of anilines is 1. The molecule has 0 radical (unpaired) electrons. The first kappa shape index (κ1) is 19.2. The van der Waals surface area contributed by atoms with E-state index < -0.39 is 0 Å². The summed E-state index contributed by atoms with van der Waals surface area (Å²) < 4.78 is 19.5. The Morgan fingerprint density at radius 1 is 1.44 bits per heavy atom. The molecule has 1 aliphatic heterocycles. The molecule has 0 spiro atoms. The number of aromatic nitrogens is 1. The fourth-order valence-corrected chi connectivity index (χ4v) is 3.28. The van der Waals surface area contributed by atoms with Crippen LogP contribution < -0.4 is 15.5 Å². The Balaban J connectivity index is 1.54. The van der Waals surface area contributed by atoms with Gasteiger partial charge in [0.15, 0.2) is 17.6 Å². The Labute approximate surface area is 159 Å². The van der Waals surface area contributed by atoms with Crippen molar-refractivity contribution in [2.45, 2.75) is 18.5 Å². The number of likely N-dealkylation sites (N-methyl/N-ethyl adjacent to an activating group) is 1. The van der Waals surface area contributed by atoms with Gasteiger partial charge < -0.3 is 20.0 Å². The van der Waals surface area contributed by atoms with Crippen molar-refractivity contribution in [1.82, 2.24) is 20.5 Å². The van der Waals surface area contributed by atoms with Gasteiger partial charge in [-0.15, -0.1) is 0 Å². The third-order valence-electron chi connectivity index (χ3n) is 4.75. The lowest BCUT2D eigenvalue weighted by Crippen LogP contribution is -2.46. The maximum absolute atomic E-state index is 13.9. The molecule has 27 heavy (non-hydrogen) atoms. The quantitative estimate of drug-likeness (QED) is 0.594. The average molecular weight is 374 g/mol. The zero-order valence-corrected chi connectivity index (χ0v) is 16.0. The van der Waals surface area contributed by atoms with E-state index in [1.165, 1.54) is 6.07 Å². The van der Waals surface area contributed by atoms with Crippen LogP contribution >= 0.6 is 0 Å². The fourth-order valence-electron chi connectivity index (χ4n) is 3.28. The molecule has 1 aliphatic rings. The first-order chi connectivity index (χ1) is 13.1. The molecule has 0 saturated carbocycles. The normalized spacial score (nSPS) is 18.8. The van der Waals surface area contributed by atoms with E-state index in [1.54, 1.807) is 25.6 Å². The number of nitrogens with one attached hydrogen (secondary N) is 2. The second kappa shape index (κ2) is 8.85. The van der Waals surface area contributed by atoms with Crippen molar-refractivity contribution in [3.05, 3.63) is 48.3 Å². The van der Waals surface area contributed by atoms with Crippen LogP contribution in [-0.2, 0) is 0 Å². The van der Waals surface area contributed by atoms with Gasteiger partial charge in [0, 0.05) is 38.9 Å². The minimum absolute atomic E-state index is 0.0984. The number of halogens is 1. The van der Waals surface area contributed by atoms with E-state index in [9.17, 15) is 4.39 Å². The Hall–Kier alpha value is -2.61. The molecule has 3 rings (SSSR count).